The molecule has 7 heteroatoms. The molecule has 0 aromatic heterocycles. The minimum Gasteiger partial charge on any atom is -0.490 e. The third-order valence-electron chi connectivity index (χ3n) is 2.62. The molecule has 0 spiro atoms. The molecule has 0 saturated carbocycles. The van der Waals surface area contributed by atoms with E-state index in [1.165, 1.54) is 0 Å². The first kappa shape index (κ1) is 18.6. The Morgan fingerprint density at radius 1 is 1.26 bits per heavy atom. The summed E-state index contributed by atoms with van der Waals surface area (Å²) in [4.78, 5) is 23.5. The van der Waals surface area contributed by atoms with Crippen molar-refractivity contribution in [2.24, 2.45) is 5.92 Å². The van der Waals surface area contributed by atoms with Crippen molar-refractivity contribution in [3.63, 3.8) is 0 Å². The van der Waals surface area contributed by atoms with Crippen molar-refractivity contribution in [2.75, 3.05) is 6.61 Å². The van der Waals surface area contributed by atoms with Gasteiger partial charge in [-0.15, -0.1) is 0 Å². The van der Waals surface area contributed by atoms with Gasteiger partial charge in [-0.2, -0.15) is 0 Å². The standard InChI is InChI=1S/C16H21N3O3S/c1-4-9-22-13-7-5-12(6-8-13)15(21)18-19-16(23)17-14(20)10-11(2)3/h4-8,11H,1,9-10H2,2-3H3,(H,18,21)(H2,17,19,20,23). The zero-order valence-electron chi connectivity index (χ0n) is 13.2. The van der Waals surface area contributed by atoms with Gasteiger partial charge in [0.2, 0.25) is 5.91 Å². The van der Waals surface area contributed by atoms with E-state index in [0.29, 0.717) is 24.3 Å². The molecular formula is C16H21N3O3S. The summed E-state index contributed by atoms with van der Waals surface area (Å²) in [5.74, 6) is 0.302. The molecule has 0 aliphatic carbocycles. The van der Waals surface area contributed by atoms with Crippen molar-refractivity contribution < 1.29 is 14.3 Å². The third kappa shape index (κ3) is 7.42. The maximum absolute atomic E-state index is 11.9. The molecule has 0 bridgehead atoms. The highest BCUT2D eigenvalue weighted by Crippen LogP contribution is 2.11. The molecular weight excluding hydrogens is 314 g/mol. The van der Waals surface area contributed by atoms with Crippen molar-refractivity contribution in [3.8, 4) is 5.75 Å². The van der Waals surface area contributed by atoms with E-state index >= 15 is 0 Å². The molecule has 23 heavy (non-hydrogen) atoms. The van der Waals surface area contributed by atoms with Crippen LogP contribution in [0.15, 0.2) is 36.9 Å². The van der Waals surface area contributed by atoms with Gasteiger partial charge in [0.05, 0.1) is 0 Å². The molecule has 0 radical (unpaired) electrons. The van der Waals surface area contributed by atoms with Crippen LogP contribution in [0.5, 0.6) is 5.75 Å². The predicted molar refractivity (Wildman–Crippen MR) is 92.9 cm³/mol. The zero-order valence-corrected chi connectivity index (χ0v) is 14.0. The number of carbonyl (C=O) groups excluding carboxylic acids is 2. The summed E-state index contributed by atoms with van der Waals surface area (Å²) >= 11 is 4.93. The second-order valence-corrected chi connectivity index (χ2v) is 5.59. The van der Waals surface area contributed by atoms with Crippen LogP contribution >= 0.6 is 12.2 Å². The fourth-order valence-corrected chi connectivity index (χ4v) is 1.79. The largest absolute Gasteiger partial charge is 0.490 e. The van der Waals surface area contributed by atoms with E-state index in [-0.39, 0.29) is 22.8 Å². The molecule has 0 atom stereocenters. The van der Waals surface area contributed by atoms with Gasteiger partial charge in [-0.25, -0.2) is 0 Å². The van der Waals surface area contributed by atoms with E-state index in [2.05, 4.69) is 22.7 Å². The molecule has 124 valence electrons. The molecule has 0 unspecified atom stereocenters. The molecule has 1 rings (SSSR count). The topological polar surface area (TPSA) is 79.5 Å². The van der Waals surface area contributed by atoms with E-state index < -0.39 is 0 Å². The van der Waals surface area contributed by atoms with Gasteiger partial charge < -0.3 is 10.1 Å². The first-order chi connectivity index (χ1) is 10.9. The van der Waals surface area contributed by atoms with Gasteiger partial charge in [0.25, 0.3) is 5.91 Å². The molecule has 1 aromatic rings. The number of carbonyl (C=O) groups is 2. The summed E-state index contributed by atoms with van der Waals surface area (Å²) < 4.78 is 5.33. The molecule has 0 aliphatic heterocycles. The maximum atomic E-state index is 11.9. The van der Waals surface area contributed by atoms with Crippen molar-refractivity contribution in [1.82, 2.24) is 16.2 Å². The Kier molecular flexibility index (Phi) is 7.76. The van der Waals surface area contributed by atoms with Crippen molar-refractivity contribution in [1.29, 1.82) is 0 Å². The van der Waals surface area contributed by atoms with E-state index in [1.54, 1.807) is 30.3 Å². The average molecular weight is 335 g/mol. The maximum Gasteiger partial charge on any atom is 0.269 e. The summed E-state index contributed by atoms with van der Waals surface area (Å²) in [7, 11) is 0. The molecule has 0 heterocycles. The second-order valence-electron chi connectivity index (χ2n) is 5.18. The lowest BCUT2D eigenvalue weighted by Crippen LogP contribution is -2.48. The predicted octanol–water partition coefficient (Wildman–Crippen LogP) is 1.93. The highest BCUT2D eigenvalue weighted by Gasteiger charge is 2.09. The lowest BCUT2D eigenvalue weighted by atomic mass is 10.1. The number of hydrogen-bond acceptors (Lipinski definition) is 4. The molecule has 2 amide bonds. The fraction of sp³-hybridized carbons (Fsp3) is 0.312. The van der Waals surface area contributed by atoms with Crippen LogP contribution in [-0.4, -0.2) is 23.5 Å². The van der Waals surface area contributed by atoms with Crippen LogP contribution < -0.4 is 20.9 Å². The minimum absolute atomic E-state index is 0.0509. The monoisotopic (exact) mass is 335 g/mol. The molecule has 0 fully saturated rings. The summed E-state index contributed by atoms with van der Waals surface area (Å²) in [5.41, 5.74) is 5.34. The highest BCUT2D eigenvalue weighted by atomic mass is 32.1. The van der Waals surface area contributed by atoms with Crippen LogP contribution in [0.25, 0.3) is 0 Å². The minimum atomic E-state index is -0.374. The van der Waals surface area contributed by atoms with Crippen LogP contribution in [0.3, 0.4) is 0 Å². The molecule has 0 saturated heterocycles. The number of amides is 2. The van der Waals surface area contributed by atoms with E-state index in [1.807, 2.05) is 13.8 Å². The SMILES string of the molecule is C=CCOc1ccc(C(=O)NNC(=S)NC(=O)CC(C)C)cc1. The highest BCUT2D eigenvalue weighted by molar-refractivity contribution is 7.80. The van der Waals surface area contributed by atoms with Gasteiger partial charge in [-0.3, -0.25) is 20.4 Å². The first-order valence-corrected chi connectivity index (χ1v) is 7.57. The van der Waals surface area contributed by atoms with Gasteiger partial charge in [0.1, 0.15) is 12.4 Å². The summed E-state index contributed by atoms with van der Waals surface area (Å²) in [6.45, 7) is 7.82. The fourth-order valence-electron chi connectivity index (χ4n) is 1.62. The number of rotatable bonds is 6. The number of benzene rings is 1. The Morgan fingerprint density at radius 2 is 1.91 bits per heavy atom. The number of nitrogens with one attached hydrogen (secondary N) is 3. The Labute approximate surface area is 141 Å². The zero-order chi connectivity index (χ0) is 17.2. The number of thiocarbonyl (C=S) groups is 1. The molecule has 3 N–H and O–H groups in total. The number of ether oxygens (including phenoxy) is 1. The molecule has 6 nitrogen and oxygen atoms in total. The summed E-state index contributed by atoms with van der Waals surface area (Å²) in [6, 6.07) is 6.61. The van der Waals surface area contributed by atoms with Crippen LogP contribution in [0, 0.1) is 5.92 Å². The van der Waals surface area contributed by atoms with Gasteiger partial charge >= 0.3 is 0 Å². The average Bonchev–Trinajstić information content (AvgIpc) is 2.50. The number of hydrogen-bond donors (Lipinski definition) is 3. The first-order valence-electron chi connectivity index (χ1n) is 7.16. The summed E-state index contributed by atoms with van der Waals surface area (Å²) in [5, 5.41) is 2.54. The molecule has 0 aliphatic rings. The Morgan fingerprint density at radius 3 is 2.48 bits per heavy atom. The Hall–Kier alpha value is -2.41. The van der Waals surface area contributed by atoms with Crippen molar-refractivity contribution in [2.45, 2.75) is 20.3 Å². The van der Waals surface area contributed by atoms with Crippen LogP contribution in [0.2, 0.25) is 0 Å². The van der Waals surface area contributed by atoms with Gasteiger partial charge in [0, 0.05) is 12.0 Å². The normalized spacial score (nSPS) is 9.87. The Balaban J connectivity index is 2.42. The number of hydrazine groups is 1. The van der Waals surface area contributed by atoms with Gasteiger partial charge in [-0.05, 0) is 42.4 Å². The van der Waals surface area contributed by atoms with Crippen LogP contribution in [0.4, 0.5) is 0 Å². The van der Waals surface area contributed by atoms with E-state index in [9.17, 15) is 9.59 Å². The third-order valence-corrected chi connectivity index (χ3v) is 2.82. The lowest BCUT2D eigenvalue weighted by Gasteiger charge is -2.11. The van der Waals surface area contributed by atoms with Gasteiger partial charge in [0.15, 0.2) is 5.11 Å². The Bertz CT molecular complexity index is 570. The van der Waals surface area contributed by atoms with Gasteiger partial charge in [-0.1, -0.05) is 26.5 Å². The van der Waals surface area contributed by atoms with E-state index in [0.717, 1.165) is 0 Å². The van der Waals surface area contributed by atoms with Crippen LogP contribution in [-0.2, 0) is 4.79 Å². The smallest absolute Gasteiger partial charge is 0.269 e. The van der Waals surface area contributed by atoms with Crippen molar-refractivity contribution in [3.05, 3.63) is 42.5 Å². The van der Waals surface area contributed by atoms with Crippen molar-refractivity contribution >= 4 is 29.1 Å². The molecule has 1 aromatic carbocycles. The quantitative estimate of drug-likeness (QED) is 0.421. The van der Waals surface area contributed by atoms with E-state index in [4.69, 9.17) is 17.0 Å². The summed E-state index contributed by atoms with van der Waals surface area (Å²) in [6.07, 6.45) is 2.00. The van der Waals surface area contributed by atoms with Crippen LogP contribution in [0.1, 0.15) is 30.6 Å². The second kappa shape index (κ2) is 9.58. The lowest BCUT2D eigenvalue weighted by molar-refractivity contribution is -0.120.